The first-order valence-corrected chi connectivity index (χ1v) is 5.57. The number of aliphatic imine (C=N–C) groups is 1. The molecule has 0 saturated carbocycles. The largest absolute Gasteiger partial charge is 0.269 e. The van der Waals surface area contributed by atoms with Crippen molar-refractivity contribution in [3.05, 3.63) is 69.2 Å². The number of hydrogen-bond acceptors (Lipinski definition) is 3. The highest BCUT2D eigenvalue weighted by Gasteiger charge is 2.02. The summed E-state index contributed by atoms with van der Waals surface area (Å²) in [4.78, 5) is 14.3. The van der Waals surface area contributed by atoms with Gasteiger partial charge in [-0.05, 0) is 29.8 Å². The fourth-order valence-corrected chi connectivity index (χ4v) is 1.60. The van der Waals surface area contributed by atoms with E-state index in [1.165, 1.54) is 12.1 Å². The highest BCUT2D eigenvalue weighted by molar-refractivity contribution is 6.30. The van der Waals surface area contributed by atoms with Crippen LogP contribution in [-0.2, 0) is 0 Å². The zero-order valence-corrected chi connectivity index (χ0v) is 10.0. The molecule has 2 rings (SSSR count). The van der Waals surface area contributed by atoms with Gasteiger partial charge in [-0.2, -0.15) is 0 Å². The van der Waals surface area contributed by atoms with E-state index >= 15 is 0 Å². The summed E-state index contributed by atoms with van der Waals surface area (Å²) in [6, 6.07) is 13.3. The molecule has 0 aromatic heterocycles. The fraction of sp³-hybridized carbons (Fsp3) is 0. The first kappa shape index (κ1) is 12.3. The number of halogens is 1. The zero-order valence-electron chi connectivity index (χ0n) is 9.29. The van der Waals surface area contributed by atoms with Crippen LogP contribution < -0.4 is 0 Å². The summed E-state index contributed by atoms with van der Waals surface area (Å²) < 4.78 is 0. The third-order valence-corrected chi connectivity index (χ3v) is 2.51. The Morgan fingerprint density at radius 2 is 1.89 bits per heavy atom. The van der Waals surface area contributed by atoms with Crippen molar-refractivity contribution in [1.82, 2.24) is 0 Å². The quantitative estimate of drug-likeness (QED) is 0.476. The molecule has 18 heavy (non-hydrogen) atoms. The lowest BCUT2D eigenvalue weighted by Crippen LogP contribution is -1.85. The Balaban J connectivity index is 2.16. The summed E-state index contributed by atoms with van der Waals surface area (Å²) in [5, 5.41) is 11.1. The van der Waals surface area contributed by atoms with Crippen LogP contribution in [0.15, 0.2) is 53.5 Å². The van der Waals surface area contributed by atoms with Crippen LogP contribution in [0.4, 0.5) is 11.4 Å². The minimum absolute atomic E-state index is 0.0525. The van der Waals surface area contributed by atoms with Gasteiger partial charge in [0, 0.05) is 23.4 Å². The molecule has 0 amide bonds. The molecular formula is C13H9ClN2O2. The van der Waals surface area contributed by atoms with E-state index in [9.17, 15) is 10.1 Å². The second-order valence-electron chi connectivity index (χ2n) is 3.59. The number of nitrogens with zero attached hydrogens (tertiary/aromatic N) is 2. The van der Waals surface area contributed by atoms with Crippen LogP contribution in [0.25, 0.3) is 0 Å². The number of nitro benzene ring substituents is 1. The van der Waals surface area contributed by atoms with Crippen molar-refractivity contribution >= 4 is 29.2 Å². The lowest BCUT2D eigenvalue weighted by molar-refractivity contribution is -0.384. The van der Waals surface area contributed by atoms with Gasteiger partial charge in [-0.1, -0.05) is 23.7 Å². The number of hydrogen-bond donors (Lipinski definition) is 0. The van der Waals surface area contributed by atoms with E-state index in [1.54, 1.807) is 30.5 Å². The molecule has 0 heterocycles. The molecule has 0 N–H and O–H groups in total. The summed E-state index contributed by atoms with van der Waals surface area (Å²) in [6.07, 6.45) is 1.66. The molecule has 2 aromatic rings. The number of nitro groups is 1. The molecule has 0 spiro atoms. The van der Waals surface area contributed by atoms with Gasteiger partial charge in [0.2, 0.25) is 0 Å². The maximum absolute atomic E-state index is 10.5. The second-order valence-corrected chi connectivity index (χ2v) is 4.02. The molecule has 4 nitrogen and oxygen atoms in total. The third-order valence-electron chi connectivity index (χ3n) is 2.27. The minimum Gasteiger partial charge on any atom is -0.258 e. The first-order valence-electron chi connectivity index (χ1n) is 5.19. The van der Waals surface area contributed by atoms with E-state index in [0.29, 0.717) is 10.7 Å². The monoisotopic (exact) mass is 260 g/mol. The van der Waals surface area contributed by atoms with Crippen molar-refractivity contribution in [3.8, 4) is 0 Å². The highest BCUT2D eigenvalue weighted by atomic mass is 35.5. The standard InChI is InChI=1S/C13H9ClN2O2/c14-11-3-1-2-10(8-11)9-15-12-4-6-13(7-5-12)16(17)18/h1-9H. The van der Waals surface area contributed by atoms with E-state index in [-0.39, 0.29) is 5.69 Å². The van der Waals surface area contributed by atoms with Crippen molar-refractivity contribution in [3.63, 3.8) is 0 Å². The van der Waals surface area contributed by atoms with Gasteiger partial charge in [0.25, 0.3) is 5.69 Å². The molecule has 0 fully saturated rings. The van der Waals surface area contributed by atoms with Gasteiger partial charge in [-0.25, -0.2) is 0 Å². The summed E-state index contributed by atoms with van der Waals surface area (Å²) in [7, 11) is 0. The van der Waals surface area contributed by atoms with Crippen LogP contribution in [0.5, 0.6) is 0 Å². The van der Waals surface area contributed by atoms with Crippen molar-refractivity contribution < 1.29 is 4.92 Å². The lowest BCUT2D eigenvalue weighted by Gasteiger charge is -1.95. The predicted molar refractivity (Wildman–Crippen MR) is 71.8 cm³/mol. The second kappa shape index (κ2) is 5.42. The van der Waals surface area contributed by atoms with E-state index < -0.39 is 4.92 Å². The highest BCUT2D eigenvalue weighted by Crippen LogP contribution is 2.18. The molecule has 2 aromatic carbocycles. The molecule has 0 aliphatic rings. The van der Waals surface area contributed by atoms with Gasteiger partial charge in [0.15, 0.2) is 0 Å². The average molecular weight is 261 g/mol. The van der Waals surface area contributed by atoms with Crippen molar-refractivity contribution in [2.75, 3.05) is 0 Å². The SMILES string of the molecule is O=[N+]([O-])c1ccc(N=Cc2cccc(Cl)c2)cc1. The minimum atomic E-state index is -0.440. The summed E-state index contributed by atoms with van der Waals surface area (Å²) in [5.74, 6) is 0. The van der Waals surface area contributed by atoms with Crippen LogP contribution in [0.3, 0.4) is 0 Å². The topological polar surface area (TPSA) is 55.5 Å². The van der Waals surface area contributed by atoms with Crippen LogP contribution >= 0.6 is 11.6 Å². The third kappa shape index (κ3) is 3.15. The Kier molecular flexibility index (Phi) is 3.69. The maximum atomic E-state index is 10.5. The lowest BCUT2D eigenvalue weighted by atomic mass is 10.2. The smallest absolute Gasteiger partial charge is 0.258 e. The number of benzene rings is 2. The van der Waals surface area contributed by atoms with Gasteiger partial charge < -0.3 is 0 Å². The van der Waals surface area contributed by atoms with Crippen molar-refractivity contribution in [2.24, 2.45) is 4.99 Å². The van der Waals surface area contributed by atoms with Crippen LogP contribution in [-0.4, -0.2) is 11.1 Å². The molecular weight excluding hydrogens is 252 g/mol. The first-order chi connectivity index (χ1) is 8.65. The molecule has 0 saturated heterocycles. The molecule has 0 aliphatic heterocycles. The van der Waals surface area contributed by atoms with Crippen LogP contribution in [0.1, 0.15) is 5.56 Å². The van der Waals surface area contributed by atoms with E-state index in [1.807, 2.05) is 12.1 Å². The summed E-state index contributed by atoms with van der Waals surface area (Å²) >= 11 is 5.85. The molecule has 0 atom stereocenters. The molecule has 0 aliphatic carbocycles. The Bertz CT molecular complexity index is 594. The Labute approximate surface area is 109 Å². The predicted octanol–water partition coefficient (Wildman–Crippen LogP) is 4.00. The molecule has 0 bridgehead atoms. The Hall–Kier alpha value is -2.20. The van der Waals surface area contributed by atoms with Crippen LogP contribution in [0.2, 0.25) is 5.02 Å². The molecule has 5 heteroatoms. The van der Waals surface area contributed by atoms with E-state index in [4.69, 9.17) is 11.6 Å². The molecule has 0 unspecified atom stereocenters. The van der Waals surface area contributed by atoms with Crippen molar-refractivity contribution in [2.45, 2.75) is 0 Å². The molecule has 0 radical (unpaired) electrons. The van der Waals surface area contributed by atoms with E-state index in [2.05, 4.69) is 4.99 Å². The van der Waals surface area contributed by atoms with E-state index in [0.717, 1.165) is 5.56 Å². The normalized spacial score (nSPS) is 10.7. The molecule has 90 valence electrons. The number of rotatable bonds is 3. The average Bonchev–Trinajstić information content (AvgIpc) is 2.37. The van der Waals surface area contributed by atoms with Crippen molar-refractivity contribution in [1.29, 1.82) is 0 Å². The maximum Gasteiger partial charge on any atom is 0.269 e. The van der Waals surface area contributed by atoms with Gasteiger partial charge in [-0.3, -0.25) is 15.1 Å². The zero-order chi connectivity index (χ0) is 13.0. The Morgan fingerprint density at radius 3 is 2.50 bits per heavy atom. The van der Waals surface area contributed by atoms with Gasteiger partial charge in [0.05, 0.1) is 10.6 Å². The fourth-order valence-electron chi connectivity index (χ4n) is 1.40. The van der Waals surface area contributed by atoms with Gasteiger partial charge in [0.1, 0.15) is 0 Å². The summed E-state index contributed by atoms with van der Waals surface area (Å²) in [6.45, 7) is 0. The Morgan fingerprint density at radius 1 is 1.17 bits per heavy atom. The number of non-ortho nitro benzene ring substituents is 1. The summed E-state index contributed by atoms with van der Waals surface area (Å²) in [5.41, 5.74) is 1.58. The van der Waals surface area contributed by atoms with Gasteiger partial charge in [-0.15, -0.1) is 0 Å². The van der Waals surface area contributed by atoms with Gasteiger partial charge >= 0.3 is 0 Å². The van der Waals surface area contributed by atoms with Crippen LogP contribution in [0, 0.1) is 10.1 Å².